The van der Waals surface area contributed by atoms with E-state index in [9.17, 15) is 24.3 Å². The highest BCUT2D eigenvalue weighted by Gasteiger charge is 2.11. The number of aldehydes is 1. The highest BCUT2D eigenvalue weighted by molar-refractivity contribution is 5.91. The van der Waals surface area contributed by atoms with E-state index in [1.54, 1.807) is 48.7 Å². The molecule has 33 heavy (non-hydrogen) atoms. The van der Waals surface area contributed by atoms with Gasteiger partial charge < -0.3 is 28.6 Å². The van der Waals surface area contributed by atoms with Gasteiger partial charge in [0.25, 0.3) is 0 Å². The Hall–Kier alpha value is -3.82. The Morgan fingerprint density at radius 1 is 0.879 bits per heavy atom. The number of allylic oxidation sites excluding steroid dienone is 1. The van der Waals surface area contributed by atoms with E-state index in [-0.39, 0.29) is 29.2 Å². The van der Waals surface area contributed by atoms with Crippen LogP contribution in [0.25, 0.3) is 6.08 Å². The lowest BCUT2D eigenvalue weighted by Gasteiger charge is -2.02. The zero-order valence-electron chi connectivity index (χ0n) is 19.0. The van der Waals surface area contributed by atoms with E-state index in [0.717, 1.165) is 0 Å². The second-order valence-electron chi connectivity index (χ2n) is 6.44. The summed E-state index contributed by atoms with van der Waals surface area (Å²) in [6, 6.07) is 10.2. The van der Waals surface area contributed by atoms with Gasteiger partial charge in [-0.05, 0) is 76.2 Å². The molecule has 0 aliphatic rings. The highest BCUT2D eigenvalue weighted by atomic mass is 16.4. The molecule has 0 fully saturated rings. The maximum absolute atomic E-state index is 10.5. The fourth-order valence-corrected chi connectivity index (χ4v) is 1.80. The Kier molecular flexibility index (Phi) is 18.0. The fraction of sp³-hybridized carbons (Fsp3) is 0.250. The summed E-state index contributed by atoms with van der Waals surface area (Å²) >= 11 is 0. The normalized spacial score (nSPS) is 10.1. The summed E-state index contributed by atoms with van der Waals surface area (Å²) in [5.41, 5.74) is 0. The smallest absolute Gasteiger partial charge is 0.185 e. The fourth-order valence-electron chi connectivity index (χ4n) is 1.80. The molecule has 3 aromatic rings. The monoisotopic (exact) mass is 462 g/mol. The van der Waals surface area contributed by atoms with Crippen molar-refractivity contribution in [1.29, 1.82) is 0 Å². The number of Topliss-reactive ketones (excluding diaryl/α,β-unsaturated/α-hetero) is 2. The second kappa shape index (κ2) is 18.9. The summed E-state index contributed by atoms with van der Waals surface area (Å²) in [4.78, 5) is 40.2. The predicted molar refractivity (Wildman–Crippen MR) is 121 cm³/mol. The van der Waals surface area contributed by atoms with Crippen molar-refractivity contribution in [3.63, 3.8) is 0 Å². The van der Waals surface area contributed by atoms with E-state index in [2.05, 4.69) is 4.42 Å². The summed E-state index contributed by atoms with van der Waals surface area (Å²) < 4.78 is 14.5. The Bertz CT molecular complexity index is 915. The average molecular weight is 462 g/mol. The van der Waals surface area contributed by atoms with E-state index in [0.29, 0.717) is 23.6 Å². The first kappa shape index (κ1) is 31.4. The van der Waals surface area contributed by atoms with E-state index in [1.165, 1.54) is 46.3 Å². The first-order chi connectivity index (χ1) is 15.1. The van der Waals surface area contributed by atoms with Crippen LogP contribution in [-0.4, -0.2) is 34.2 Å². The molecular weight excluding hydrogens is 432 g/mol. The van der Waals surface area contributed by atoms with Gasteiger partial charge >= 0.3 is 0 Å². The predicted octanol–water partition coefficient (Wildman–Crippen LogP) is 4.04. The standard InChI is InChI=1S/C8H10O3.C8H8O2.C5H4O2.C3H6O.H2O/c1-6(9)5-7(10)8-3-2-4-11-8;1-7(9)4-5-8-3-2-6-10-8;6-4-5-2-1-3-7-5;1-3(2)4;/h2-4,7,10H,5H2,1H3;2-6H,1H3;1-4H;1-2H3;1H2/b;5-4+;;;. The highest BCUT2D eigenvalue weighted by Crippen LogP contribution is 2.16. The van der Waals surface area contributed by atoms with Crippen molar-refractivity contribution in [2.75, 3.05) is 0 Å². The minimum Gasteiger partial charge on any atom is -0.467 e. The van der Waals surface area contributed by atoms with Crippen LogP contribution in [0.2, 0.25) is 0 Å². The number of furan rings is 3. The van der Waals surface area contributed by atoms with Crippen LogP contribution in [0.15, 0.2) is 74.5 Å². The van der Waals surface area contributed by atoms with Crippen LogP contribution in [0.4, 0.5) is 0 Å². The van der Waals surface area contributed by atoms with Gasteiger partial charge in [0, 0.05) is 6.42 Å². The van der Waals surface area contributed by atoms with Gasteiger partial charge in [-0.15, -0.1) is 0 Å². The van der Waals surface area contributed by atoms with Gasteiger partial charge in [-0.3, -0.25) is 14.4 Å². The molecule has 0 aliphatic carbocycles. The molecule has 0 bridgehead atoms. The summed E-state index contributed by atoms with van der Waals surface area (Å²) in [5, 5.41) is 9.27. The number of aliphatic hydroxyl groups is 1. The molecule has 0 aliphatic heterocycles. The van der Waals surface area contributed by atoms with Crippen molar-refractivity contribution < 1.29 is 43.0 Å². The topological polar surface area (TPSA) is 159 Å². The van der Waals surface area contributed by atoms with E-state index >= 15 is 0 Å². The minimum absolute atomic E-state index is 0. The molecule has 0 saturated heterocycles. The lowest BCUT2D eigenvalue weighted by molar-refractivity contribution is -0.119. The molecular formula is C24H30O9. The molecule has 0 spiro atoms. The minimum atomic E-state index is -0.789. The summed E-state index contributed by atoms with van der Waals surface area (Å²) in [6.45, 7) is 5.99. The van der Waals surface area contributed by atoms with Crippen molar-refractivity contribution >= 4 is 29.7 Å². The number of aliphatic hydroxyl groups excluding tert-OH is 1. The van der Waals surface area contributed by atoms with Crippen LogP contribution in [0, 0.1) is 0 Å². The molecule has 3 heterocycles. The van der Waals surface area contributed by atoms with Crippen molar-refractivity contribution in [1.82, 2.24) is 0 Å². The number of carbonyl (C=O) groups is 4. The molecule has 0 saturated carbocycles. The average Bonchev–Trinajstić information content (AvgIpc) is 3.50. The van der Waals surface area contributed by atoms with Gasteiger partial charge in [-0.1, -0.05) is 0 Å². The first-order valence-electron chi connectivity index (χ1n) is 9.54. The second-order valence-corrected chi connectivity index (χ2v) is 6.44. The maximum atomic E-state index is 10.5. The number of hydrogen-bond acceptors (Lipinski definition) is 8. The Balaban J connectivity index is 0. The zero-order chi connectivity index (χ0) is 24.4. The van der Waals surface area contributed by atoms with Crippen molar-refractivity contribution in [2.24, 2.45) is 0 Å². The first-order valence-corrected chi connectivity index (χ1v) is 9.54. The largest absolute Gasteiger partial charge is 0.467 e. The third-order valence-corrected chi connectivity index (χ3v) is 3.04. The Labute approximate surface area is 192 Å². The lowest BCUT2D eigenvalue weighted by Crippen LogP contribution is -2.01. The van der Waals surface area contributed by atoms with Crippen LogP contribution in [0.3, 0.4) is 0 Å². The Morgan fingerprint density at radius 3 is 1.70 bits per heavy atom. The molecule has 9 nitrogen and oxygen atoms in total. The number of ketones is 3. The van der Waals surface area contributed by atoms with E-state index < -0.39 is 6.10 Å². The lowest BCUT2D eigenvalue weighted by atomic mass is 10.1. The van der Waals surface area contributed by atoms with Crippen LogP contribution < -0.4 is 0 Å². The third kappa shape index (κ3) is 18.7. The summed E-state index contributed by atoms with van der Waals surface area (Å²) in [7, 11) is 0. The number of carbonyl (C=O) groups excluding carboxylic acids is 4. The maximum Gasteiger partial charge on any atom is 0.185 e. The zero-order valence-corrected chi connectivity index (χ0v) is 19.0. The molecule has 1 unspecified atom stereocenters. The SMILES string of the molecule is CC(=O)/C=C/c1ccco1.CC(=O)CC(O)c1ccco1.CC(C)=O.O.O=Cc1ccco1. The van der Waals surface area contributed by atoms with Crippen molar-refractivity contribution in [3.05, 3.63) is 78.5 Å². The van der Waals surface area contributed by atoms with E-state index in [1.807, 2.05) is 0 Å². The quantitative estimate of drug-likeness (QED) is 0.424. The summed E-state index contributed by atoms with van der Waals surface area (Å²) in [5.74, 6) is 1.67. The van der Waals surface area contributed by atoms with Gasteiger partial charge in [-0.25, -0.2) is 0 Å². The van der Waals surface area contributed by atoms with Crippen LogP contribution >= 0.6 is 0 Å². The van der Waals surface area contributed by atoms with Crippen molar-refractivity contribution in [3.8, 4) is 0 Å². The van der Waals surface area contributed by atoms with Gasteiger partial charge in [0.05, 0.1) is 18.8 Å². The van der Waals surface area contributed by atoms with E-state index in [4.69, 9.17) is 8.83 Å². The van der Waals surface area contributed by atoms with Gasteiger partial charge in [0.2, 0.25) is 0 Å². The molecule has 3 aromatic heterocycles. The molecule has 3 rings (SSSR count). The molecule has 1 atom stereocenters. The van der Waals surface area contributed by atoms with Gasteiger partial charge in [-0.2, -0.15) is 0 Å². The third-order valence-electron chi connectivity index (χ3n) is 3.04. The number of rotatable bonds is 6. The van der Waals surface area contributed by atoms with Crippen LogP contribution in [0.1, 0.15) is 62.3 Å². The summed E-state index contributed by atoms with van der Waals surface area (Å²) in [6.07, 6.45) is 7.61. The molecule has 3 N–H and O–H groups in total. The van der Waals surface area contributed by atoms with Gasteiger partial charge in [0.1, 0.15) is 29.2 Å². The van der Waals surface area contributed by atoms with Crippen molar-refractivity contribution in [2.45, 2.75) is 40.2 Å². The van der Waals surface area contributed by atoms with Gasteiger partial charge in [0.15, 0.2) is 17.8 Å². The van der Waals surface area contributed by atoms with Crippen LogP contribution in [-0.2, 0) is 14.4 Å². The Morgan fingerprint density at radius 2 is 1.36 bits per heavy atom. The molecule has 0 amide bonds. The number of hydrogen-bond donors (Lipinski definition) is 1. The molecule has 0 radical (unpaired) electrons. The van der Waals surface area contributed by atoms with Crippen LogP contribution in [0.5, 0.6) is 0 Å². The molecule has 180 valence electrons. The molecule has 0 aromatic carbocycles. The molecule has 9 heteroatoms.